The van der Waals surface area contributed by atoms with Crippen LogP contribution in [0.15, 0.2) is 67.0 Å². The maximum Gasteiger partial charge on any atom is 0.244 e. The van der Waals surface area contributed by atoms with E-state index < -0.39 is 0 Å². The van der Waals surface area contributed by atoms with Crippen molar-refractivity contribution in [2.24, 2.45) is 0 Å². The standard InChI is InChI=1S/C25H23N2O2/c1-3-26-17-27(4-2)25-23(21-11-7-19(16-29)8-12-21)14-13-22(24(25)26)20-9-5-18(15-28)6-10-20/h5-17H,3-4H2,1-2H3/q+1. The Bertz CT molecular complexity index is 1090. The summed E-state index contributed by atoms with van der Waals surface area (Å²) in [6.45, 7) is 6.00. The lowest BCUT2D eigenvalue weighted by molar-refractivity contribution is -0.668. The van der Waals surface area contributed by atoms with Crippen molar-refractivity contribution in [1.29, 1.82) is 0 Å². The lowest BCUT2D eigenvalue weighted by Crippen LogP contribution is -2.30. The number of aldehydes is 2. The van der Waals surface area contributed by atoms with Crippen molar-refractivity contribution in [3.8, 4) is 22.3 Å². The van der Waals surface area contributed by atoms with Crippen molar-refractivity contribution in [1.82, 2.24) is 4.57 Å². The molecule has 0 bridgehead atoms. The second-order valence-corrected chi connectivity index (χ2v) is 7.03. The Morgan fingerprint density at radius 2 is 1.28 bits per heavy atom. The lowest BCUT2D eigenvalue weighted by Gasteiger charge is -2.09. The molecule has 0 fully saturated rings. The molecule has 1 heterocycles. The number of carbonyl (C=O) groups excluding carboxylic acids is 2. The van der Waals surface area contributed by atoms with Gasteiger partial charge in [-0.2, -0.15) is 0 Å². The average Bonchev–Trinajstić information content (AvgIpc) is 3.18. The molecule has 0 saturated carbocycles. The summed E-state index contributed by atoms with van der Waals surface area (Å²) in [6, 6.07) is 19.7. The molecule has 0 saturated heterocycles. The van der Waals surface area contributed by atoms with Crippen LogP contribution in [0.1, 0.15) is 34.6 Å². The minimum atomic E-state index is 0.673. The minimum Gasteiger partial charge on any atom is -0.298 e. The molecule has 0 aliphatic carbocycles. The van der Waals surface area contributed by atoms with E-state index >= 15 is 0 Å². The molecular formula is C25H23N2O2+. The van der Waals surface area contributed by atoms with Crippen LogP contribution in [0.5, 0.6) is 0 Å². The number of rotatable bonds is 6. The molecule has 0 aliphatic heterocycles. The molecule has 144 valence electrons. The molecule has 0 radical (unpaired) electrons. The van der Waals surface area contributed by atoms with E-state index in [4.69, 9.17) is 0 Å². The van der Waals surface area contributed by atoms with Gasteiger partial charge in [-0.1, -0.05) is 48.5 Å². The quantitative estimate of drug-likeness (QED) is 0.350. The first-order valence-corrected chi connectivity index (χ1v) is 9.86. The number of imidazole rings is 1. The van der Waals surface area contributed by atoms with E-state index in [1.54, 1.807) is 0 Å². The van der Waals surface area contributed by atoms with E-state index in [0.29, 0.717) is 11.1 Å². The Hall–Kier alpha value is -3.53. The van der Waals surface area contributed by atoms with Crippen molar-refractivity contribution >= 4 is 23.6 Å². The molecule has 0 N–H and O–H groups in total. The summed E-state index contributed by atoms with van der Waals surface area (Å²) in [6.07, 6.45) is 3.90. The van der Waals surface area contributed by atoms with Crippen molar-refractivity contribution in [3.63, 3.8) is 0 Å². The lowest BCUT2D eigenvalue weighted by atomic mass is 9.96. The van der Waals surface area contributed by atoms with Crippen LogP contribution in [-0.2, 0) is 13.1 Å². The fourth-order valence-electron chi connectivity index (χ4n) is 3.87. The van der Waals surface area contributed by atoms with E-state index in [1.165, 1.54) is 11.0 Å². The van der Waals surface area contributed by atoms with Gasteiger partial charge in [-0.15, -0.1) is 0 Å². The van der Waals surface area contributed by atoms with E-state index in [-0.39, 0.29) is 0 Å². The average molecular weight is 383 g/mol. The zero-order chi connectivity index (χ0) is 20.4. The number of carbonyl (C=O) groups is 2. The van der Waals surface area contributed by atoms with Crippen LogP contribution < -0.4 is 4.57 Å². The maximum absolute atomic E-state index is 11.0. The van der Waals surface area contributed by atoms with Gasteiger partial charge >= 0.3 is 0 Å². The topological polar surface area (TPSA) is 43.0 Å². The van der Waals surface area contributed by atoms with Gasteiger partial charge in [0.1, 0.15) is 12.6 Å². The smallest absolute Gasteiger partial charge is 0.244 e. The first kappa shape index (κ1) is 18.8. The largest absolute Gasteiger partial charge is 0.298 e. The van der Waals surface area contributed by atoms with Crippen LogP contribution in [0.4, 0.5) is 0 Å². The number of aryl methyl sites for hydroxylation is 2. The van der Waals surface area contributed by atoms with Crippen LogP contribution in [-0.4, -0.2) is 17.1 Å². The predicted octanol–water partition coefficient (Wildman–Crippen LogP) is 4.93. The van der Waals surface area contributed by atoms with Crippen LogP contribution in [0.25, 0.3) is 33.3 Å². The van der Waals surface area contributed by atoms with Crippen LogP contribution >= 0.6 is 0 Å². The molecule has 0 amide bonds. The van der Waals surface area contributed by atoms with Gasteiger partial charge in [-0.3, -0.25) is 9.59 Å². The van der Waals surface area contributed by atoms with Gasteiger partial charge < -0.3 is 0 Å². The monoisotopic (exact) mass is 383 g/mol. The van der Waals surface area contributed by atoms with Crippen LogP contribution in [0.2, 0.25) is 0 Å². The summed E-state index contributed by atoms with van der Waals surface area (Å²) < 4.78 is 4.54. The fourth-order valence-corrected chi connectivity index (χ4v) is 3.87. The summed E-state index contributed by atoms with van der Waals surface area (Å²) in [5.41, 5.74) is 8.13. The Morgan fingerprint density at radius 3 is 1.76 bits per heavy atom. The number of nitrogens with zero attached hydrogens (tertiary/aromatic N) is 2. The van der Waals surface area contributed by atoms with Gasteiger partial charge in [0.05, 0.1) is 13.1 Å². The molecule has 4 aromatic rings. The van der Waals surface area contributed by atoms with Crippen molar-refractivity contribution in [2.75, 3.05) is 0 Å². The predicted molar refractivity (Wildman–Crippen MR) is 115 cm³/mol. The maximum atomic E-state index is 11.0. The SMILES string of the molecule is CCn1c[n+](CC)c2c(-c3ccc(C=O)cc3)ccc(-c3ccc(C=O)cc3)c21. The van der Waals surface area contributed by atoms with Crippen LogP contribution in [0, 0.1) is 0 Å². The van der Waals surface area contributed by atoms with Gasteiger partial charge in [0.25, 0.3) is 0 Å². The molecule has 4 rings (SSSR count). The summed E-state index contributed by atoms with van der Waals surface area (Å²) in [4.78, 5) is 22.1. The van der Waals surface area contributed by atoms with Gasteiger partial charge in [-0.25, -0.2) is 9.13 Å². The summed E-state index contributed by atoms with van der Waals surface area (Å²) >= 11 is 0. The summed E-state index contributed by atoms with van der Waals surface area (Å²) in [7, 11) is 0. The van der Waals surface area contributed by atoms with E-state index in [0.717, 1.165) is 47.9 Å². The van der Waals surface area contributed by atoms with Gasteiger partial charge in [-0.05, 0) is 37.1 Å². The Balaban J connectivity index is 2.00. The normalized spacial score (nSPS) is 11.0. The van der Waals surface area contributed by atoms with Crippen molar-refractivity contribution in [2.45, 2.75) is 26.9 Å². The second kappa shape index (κ2) is 7.84. The Kier molecular flexibility index (Phi) is 5.09. The number of aromatic nitrogens is 2. The molecule has 0 atom stereocenters. The van der Waals surface area contributed by atoms with E-state index in [2.05, 4.69) is 41.4 Å². The van der Waals surface area contributed by atoms with Crippen molar-refractivity contribution < 1.29 is 14.2 Å². The third kappa shape index (κ3) is 3.27. The highest BCUT2D eigenvalue weighted by molar-refractivity contribution is 5.99. The van der Waals surface area contributed by atoms with Gasteiger partial charge in [0, 0.05) is 22.3 Å². The fraction of sp³-hybridized carbons (Fsp3) is 0.160. The second-order valence-electron chi connectivity index (χ2n) is 7.03. The third-order valence-electron chi connectivity index (χ3n) is 5.40. The molecule has 0 unspecified atom stereocenters. The molecule has 4 heteroatoms. The molecule has 1 aromatic heterocycles. The Labute approximate surface area is 170 Å². The number of hydrogen-bond donors (Lipinski definition) is 0. The van der Waals surface area contributed by atoms with Crippen molar-refractivity contribution in [3.05, 3.63) is 78.1 Å². The van der Waals surface area contributed by atoms with Gasteiger partial charge in [0.2, 0.25) is 6.33 Å². The highest BCUT2D eigenvalue weighted by Gasteiger charge is 2.23. The van der Waals surface area contributed by atoms with Gasteiger partial charge in [0.15, 0.2) is 11.0 Å². The Morgan fingerprint density at radius 1 is 0.759 bits per heavy atom. The number of fused-ring (bicyclic) bond motifs is 1. The zero-order valence-electron chi connectivity index (χ0n) is 16.6. The minimum absolute atomic E-state index is 0.673. The number of hydrogen-bond acceptors (Lipinski definition) is 2. The molecular weight excluding hydrogens is 360 g/mol. The molecule has 0 aliphatic rings. The summed E-state index contributed by atoms with van der Waals surface area (Å²) in [5.74, 6) is 0. The molecule has 0 spiro atoms. The first-order chi connectivity index (χ1) is 14.2. The zero-order valence-corrected chi connectivity index (χ0v) is 16.6. The van der Waals surface area contributed by atoms with E-state index in [9.17, 15) is 9.59 Å². The number of benzene rings is 3. The molecule has 4 nitrogen and oxygen atoms in total. The highest BCUT2D eigenvalue weighted by Crippen LogP contribution is 2.34. The summed E-state index contributed by atoms with van der Waals surface area (Å²) in [5, 5.41) is 0. The highest BCUT2D eigenvalue weighted by atomic mass is 16.1. The van der Waals surface area contributed by atoms with Crippen LogP contribution in [0.3, 0.4) is 0 Å². The van der Waals surface area contributed by atoms with E-state index in [1.807, 2.05) is 48.5 Å². The molecule has 29 heavy (non-hydrogen) atoms. The third-order valence-corrected chi connectivity index (χ3v) is 5.40. The molecule has 3 aromatic carbocycles. The first-order valence-electron chi connectivity index (χ1n) is 9.86.